The molecule has 0 unspecified atom stereocenters. The van der Waals surface area contributed by atoms with E-state index in [0.717, 1.165) is 21.3 Å². The molecule has 0 aliphatic rings. The summed E-state index contributed by atoms with van der Waals surface area (Å²) in [7, 11) is 0. The number of aryl methyl sites for hydroxylation is 1. The minimum Gasteiger partial charge on any atom is -0.488 e. The van der Waals surface area contributed by atoms with E-state index in [2.05, 4.69) is 15.9 Å². The standard InChI is InChI=1S/C25H19BrFNO3/c1-16-7-11-22(28(16)23-13-18(25(29)30)8-10-21(23)27)20-14-19(26)9-12-24(20)31-15-17-5-3-2-4-6-17/h2-14H,15H2,1H3,(H,29,30). The number of nitrogens with zero attached hydrogens (tertiary/aromatic N) is 1. The van der Waals surface area contributed by atoms with Gasteiger partial charge in [0.25, 0.3) is 0 Å². The van der Waals surface area contributed by atoms with E-state index in [1.807, 2.05) is 67.6 Å². The number of halogens is 2. The van der Waals surface area contributed by atoms with Crippen molar-refractivity contribution in [2.45, 2.75) is 13.5 Å². The third kappa shape index (κ3) is 4.39. The highest BCUT2D eigenvalue weighted by Gasteiger charge is 2.18. The summed E-state index contributed by atoms with van der Waals surface area (Å²) in [5.74, 6) is -0.976. The molecule has 0 saturated heterocycles. The fourth-order valence-electron chi connectivity index (χ4n) is 3.45. The van der Waals surface area contributed by atoms with Crippen LogP contribution in [0.15, 0.2) is 83.3 Å². The molecular formula is C25H19BrFNO3. The van der Waals surface area contributed by atoms with Gasteiger partial charge in [-0.15, -0.1) is 0 Å². The summed E-state index contributed by atoms with van der Waals surface area (Å²) in [6.07, 6.45) is 0. The van der Waals surface area contributed by atoms with Crippen LogP contribution in [0.4, 0.5) is 4.39 Å². The van der Waals surface area contributed by atoms with Gasteiger partial charge in [0.15, 0.2) is 0 Å². The van der Waals surface area contributed by atoms with Gasteiger partial charge < -0.3 is 14.4 Å². The molecule has 0 fully saturated rings. The Morgan fingerprint density at radius 3 is 2.55 bits per heavy atom. The predicted octanol–water partition coefficient (Wildman–Crippen LogP) is 6.63. The van der Waals surface area contributed by atoms with Gasteiger partial charge in [0.1, 0.15) is 18.2 Å². The second-order valence-corrected chi connectivity index (χ2v) is 8.00. The quantitative estimate of drug-likeness (QED) is 0.337. The monoisotopic (exact) mass is 479 g/mol. The maximum atomic E-state index is 14.8. The Morgan fingerprint density at radius 2 is 1.81 bits per heavy atom. The molecule has 0 atom stereocenters. The highest BCUT2D eigenvalue weighted by atomic mass is 79.9. The first-order valence-electron chi connectivity index (χ1n) is 9.62. The lowest BCUT2D eigenvalue weighted by atomic mass is 10.1. The fraction of sp³-hybridized carbons (Fsp3) is 0.0800. The summed E-state index contributed by atoms with van der Waals surface area (Å²) < 4.78 is 23.4. The van der Waals surface area contributed by atoms with E-state index >= 15 is 0 Å². The van der Waals surface area contributed by atoms with E-state index in [4.69, 9.17) is 4.74 Å². The minimum absolute atomic E-state index is 0.0187. The Kier molecular flexibility index (Phi) is 5.91. The number of carbonyl (C=O) groups is 1. The fourth-order valence-corrected chi connectivity index (χ4v) is 3.81. The van der Waals surface area contributed by atoms with Gasteiger partial charge in [-0.05, 0) is 61.0 Å². The molecular weight excluding hydrogens is 461 g/mol. The molecule has 6 heteroatoms. The number of rotatable bonds is 6. The molecule has 4 nitrogen and oxygen atoms in total. The molecule has 0 amide bonds. The predicted molar refractivity (Wildman–Crippen MR) is 121 cm³/mol. The van der Waals surface area contributed by atoms with Crippen LogP contribution in [0, 0.1) is 12.7 Å². The molecule has 0 aliphatic heterocycles. The van der Waals surface area contributed by atoms with Crippen molar-refractivity contribution < 1.29 is 19.0 Å². The van der Waals surface area contributed by atoms with Crippen LogP contribution in [0.25, 0.3) is 16.9 Å². The number of benzene rings is 3. The zero-order valence-corrected chi connectivity index (χ0v) is 18.3. The Labute approximate surface area is 187 Å². The normalized spacial score (nSPS) is 10.8. The zero-order valence-electron chi connectivity index (χ0n) is 16.7. The van der Waals surface area contributed by atoms with Gasteiger partial charge in [-0.1, -0.05) is 46.3 Å². The molecule has 156 valence electrons. The van der Waals surface area contributed by atoms with E-state index in [0.29, 0.717) is 18.1 Å². The van der Waals surface area contributed by atoms with Crippen LogP contribution in [0.5, 0.6) is 5.75 Å². The van der Waals surface area contributed by atoms with E-state index in [1.165, 1.54) is 18.2 Å². The summed E-state index contributed by atoms with van der Waals surface area (Å²) in [5, 5.41) is 9.35. The van der Waals surface area contributed by atoms with Crippen LogP contribution in [0.1, 0.15) is 21.6 Å². The Hall–Kier alpha value is -3.38. The number of carboxylic acids is 1. The minimum atomic E-state index is -1.11. The molecule has 1 heterocycles. The number of hydrogen-bond acceptors (Lipinski definition) is 2. The first-order valence-corrected chi connectivity index (χ1v) is 10.4. The summed E-state index contributed by atoms with van der Waals surface area (Å²) >= 11 is 3.51. The van der Waals surface area contributed by atoms with Crippen molar-refractivity contribution >= 4 is 21.9 Å². The van der Waals surface area contributed by atoms with Gasteiger partial charge in [-0.3, -0.25) is 0 Å². The van der Waals surface area contributed by atoms with Gasteiger partial charge in [0.2, 0.25) is 0 Å². The molecule has 31 heavy (non-hydrogen) atoms. The maximum absolute atomic E-state index is 14.8. The van der Waals surface area contributed by atoms with Crippen molar-refractivity contribution in [3.8, 4) is 22.7 Å². The lowest BCUT2D eigenvalue weighted by Crippen LogP contribution is -2.06. The van der Waals surface area contributed by atoms with Gasteiger partial charge in [0.05, 0.1) is 16.9 Å². The topological polar surface area (TPSA) is 51.5 Å². The van der Waals surface area contributed by atoms with E-state index in [1.54, 1.807) is 4.57 Å². The highest BCUT2D eigenvalue weighted by molar-refractivity contribution is 9.10. The Bertz CT molecular complexity index is 1250. The van der Waals surface area contributed by atoms with E-state index < -0.39 is 11.8 Å². The molecule has 4 aromatic rings. The van der Waals surface area contributed by atoms with Crippen LogP contribution in [0.2, 0.25) is 0 Å². The third-order valence-electron chi connectivity index (χ3n) is 4.96. The van der Waals surface area contributed by atoms with Gasteiger partial charge in [0, 0.05) is 15.7 Å². The van der Waals surface area contributed by atoms with Crippen molar-refractivity contribution in [2.24, 2.45) is 0 Å². The highest BCUT2D eigenvalue weighted by Crippen LogP contribution is 2.36. The summed E-state index contributed by atoms with van der Waals surface area (Å²) in [4.78, 5) is 11.4. The van der Waals surface area contributed by atoms with Gasteiger partial charge >= 0.3 is 5.97 Å². The third-order valence-corrected chi connectivity index (χ3v) is 5.46. The lowest BCUT2D eigenvalue weighted by Gasteiger charge is -2.17. The number of aromatic carboxylic acids is 1. The van der Waals surface area contributed by atoms with Gasteiger partial charge in [-0.2, -0.15) is 0 Å². The SMILES string of the molecule is Cc1ccc(-c2cc(Br)ccc2OCc2ccccc2)n1-c1cc(C(=O)O)ccc1F. The average molecular weight is 480 g/mol. The molecule has 1 N–H and O–H groups in total. The zero-order chi connectivity index (χ0) is 22.0. The maximum Gasteiger partial charge on any atom is 0.335 e. The van der Waals surface area contributed by atoms with Crippen LogP contribution in [-0.2, 0) is 6.61 Å². The molecule has 0 spiro atoms. The first kappa shape index (κ1) is 20.9. The molecule has 0 aliphatic carbocycles. The van der Waals surface area contributed by atoms with Gasteiger partial charge in [-0.25, -0.2) is 9.18 Å². The van der Waals surface area contributed by atoms with Crippen LogP contribution in [0.3, 0.4) is 0 Å². The Balaban J connectivity index is 1.81. The molecule has 3 aromatic carbocycles. The van der Waals surface area contributed by atoms with Crippen LogP contribution in [-0.4, -0.2) is 15.6 Å². The number of hydrogen-bond donors (Lipinski definition) is 1. The molecule has 4 rings (SSSR count). The van der Waals surface area contributed by atoms with Crippen molar-refractivity contribution in [1.82, 2.24) is 4.57 Å². The van der Waals surface area contributed by atoms with E-state index in [-0.39, 0.29) is 11.3 Å². The smallest absolute Gasteiger partial charge is 0.335 e. The van der Waals surface area contributed by atoms with Crippen molar-refractivity contribution in [3.05, 3.63) is 106 Å². The van der Waals surface area contributed by atoms with Crippen LogP contribution >= 0.6 is 15.9 Å². The second kappa shape index (κ2) is 8.78. The van der Waals surface area contributed by atoms with Crippen molar-refractivity contribution in [1.29, 1.82) is 0 Å². The van der Waals surface area contributed by atoms with Crippen molar-refractivity contribution in [2.75, 3.05) is 0 Å². The summed E-state index contributed by atoms with van der Waals surface area (Å²) in [6.45, 7) is 2.23. The first-order chi connectivity index (χ1) is 14.9. The van der Waals surface area contributed by atoms with Crippen molar-refractivity contribution in [3.63, 3.8) is 0 Å². The number of ether oxygens (including phenoxy) is 1. The Morgan fingerprint density at radius 1 is 1.03 bits per heavy atom. The van der Waals surface area contributed by atoms with Crippen LogP contribution < -0.4 is 4.74 Å². The lowest BCUT2D eigenvalue weighted by molar-refractivity contribution is 0.0697. The summed E-state index contributed by atoms with van der Waals surface area (Å²) in [6, 6.07) is 23.0. The van der Waals surface area contributed by atoms with E-state index in [9.17, 15) is 14.3 Å². The number of carboxylic acid groups (broad SMARTS) is 1. The second-order valence-electron chi connectivity index (χ2n) is 7.08. The average Bonchev–Trinajstić information content (AvgIpc) is 3.14. The number of aromatic nitrogens is 1. The summed E-state index contributed by atoms with van der Waals surface area (Å²) in [5.41, 5.74) is 3.45. The molecule has 0 saturated carbocycles. The molecule has 1 aromatic heterocycles. The molecule has 0 bridgehead atoms. The molecule has 0 radical (unpaired) electrons. The largest absolute Gasteiger partial charge is 0.488 e.